The molecule has 10 heavy (non-hydrogen) atoms. The van der Waals surface area contributed by atoms with Gasteiger partial charge in [0.15, 0.2) is 0 Å². The Hall–Kier alpha value is -1.43. The van der Waals surface area contributed by atoms with Crippen LogP contribution < -0.4 is 10.5 Å². The van der Waals surface area contributed by atoms with E-state index in [1.165, 1.54) is 6.33 Å². The van der Waals surface area contributed by atoms with Crippen LogP contribution in [0.2, 0.25) is 0 Å². The second-order valence-electron chi connectivity index (χ2n) is 1.46. The highest BCUT2D eigenvalue weighted by Gasteiger charge is 2.02. The SMILES string of the molecule is NCC(=O)Oc1nc[nH]n1. The van der Waals surface area contributed by atoms with E-state index in [2.05, 4.69) is 19.9 Å². The summed E-state index contributed by atoms with van der Waals surface area (Å²) in [4.78, 5) is 14.0. The van der Waals surface area contributed by atoms with Gasteiger partial charge in [0.25, 0.3) is 0 Å². The Labute approximate surface area is 56.4 Å². The predicted molar refractivity (Wildman–Crippen MR) is 31.1 cm³/mol. The number of carbonyl (C=O) groups excluding carboxylic acids is 1. The molecular formula is C4H6N4O2. The first-order valence-electron chi connectivity index (χ1n) is 2.59. The van der Waals surface area contributed by atoms with Crippen LogP contribution in [0.5, 0.6) is 6.01 Å². The molecule has 0 saturated carbocycles. The quantitative estimate of drug-likeness (QED) is 0.499. The molecule has 0 atom stereocenters. The minimum Gasteiger partial charge on any atom is -0.389 e. The fourth-order valence-electron chi connectivity index (χ4n) is 0.390. The van der Waals surface area contributed by atoms with E-state index in [-0.39, 0.29) is 12.6 Å². The van der Waals surface area contributed by atoms with Crippen molar-refractivity contribution in [1.29, 1.82) is 0 Å². The average molecular weight is 142 g/mol. The topological polar surface area (TPSA) is 93.9 Å². The van der Waals surface area contributed by atoms with E-state index in [0.717, 1.165) is 0 Å². The number of aromatic nitrogens is 3. The lowest BCUT2D eigenvalue weighted by atomic mass is 10.7. The van der Waals surface area contributed by atoms with Crippen LogP contribution in [0.3, 0.4) is 0 Å². The first kappa shape index (κ1) is 6.69. The summed E-state index contributed by atoms with van der Waals surface area (Å²) in [5, 5.41) is 5.85. The zero-order chi connectivity index (χ0) is 7.40. The Kier molecular flexibility index (Phi) is 1.96. The second kappa shape index (κ2) is 2.92. The molecule has 0 spiro atoms. The molecule has 0 aliphatic rings. The lowest BCUT2D eigenvalue weighted by Gasteiger charge is -1.92. The van der Waals surface area contributed by atoms with Gasteiger partial charge in [0.2, 0.25) is 0 Å². The summed E-state index contributed by atoms with van der Waals surface area (Å²) in [5.41, 5.74) is 4.95. The predicted octanol–water partition coefficient (Wildman–Crippen LogP) is -1.33. The lowest BCUT2D eigenvalue weighted by molar-refractivity contribution is -0.133. The smallest absolute Gasteiger partial charge is 0.343 e. The van der Waals surface area contributed by atoms with Gasteiger partial charge in [-0.1, -0.05) is 0 Å². The van der Waals surface area contributed by atoms with Gasteiger partial charge in [-0.05, 0) is 0 Å². The molecule has 0 radical (unpaired) electrons. The molecule has 54 valence electrons. The van der Waals surface area contributed by atoms with Gasteiger partial charge in [0.1, 0.15) is 6.33 Å². The van der Waals surface area contributed by atoms with Crippen LogP contribution in [0.4, 0.5) is 0 Å². The zero-order valence-corrected chi connectivity index (χ0v) is 5.07. The molecule has 0 aliphatic heterocycles. The van der Waals surface area contributed by atoms with Crippen molar-refractivity contribution in [3.8, 4) is 6.01 Å². The third kappa shape index (κ3) is 1.52. The number of esters is 1. The fourth-order valence-corrected chi connectivity index (χ4v) is 0.390. The minimum absolute atomic E-state index is 0.00421. The molecule has 0 aliphatic carbocycles. The summed E-state index contributed by atoms with van der Waals surface area (Å²) in [7, 11) is 0. The van der Waals surface area contributed by atoms with Gasteiger partial charge in [-0.15, -0.1) is 5.10 Å². The Balaban J connectivity index is 2.48. The number of H-pyrrole nitrogens is 1. The standard InChI is InChI=1S/C4H6N4O2/c5-1-3(9)10-4-6-2-7-8-4/h2H,1,5H2,(H,6,7,8). The van der Waals surface area contributed by atoms with Gasteiger partial charge >= 0.3 is 12.0 Å². The van der Waals surface area contributed by atoms with Crippen molar-refractivity contribution in [3.05, 3.63) is 6.33 Å². The molecule has 0 amide bonds. The van der Waals surface area contributed by atoms with Gasteiger partial charge in [-0.25, -0.2) is 0 Å². The van der Waals surface area contributed by atoms with Crippen molar-refractivity contribution < 1.29 is 9.53 Å². The molecule has 1 rings (SSSR count). The van der Waals surface area contributed by atoms with Crippen molar-refractivity contribution in [3.63, 3.8) is 0 Å². The van der Waals surface area contributed by atoms with Crippen molar-refractivity contribution in [2.24, 2.45) is 5.73 Å². The molecule has 6 heteroatoms. The zero-order valence-electron chi connectivity index (χ0n) is 5.07. The number of nitrogens with zero attached hydrogens (tertiary/aromatic N) is 2. The van der Waals surface area contributed by atoms with E-state index < -0.39 is 5.97 Å². The number of hydrogen-bond acceptors (Lipinski definition) is 5. The maximum atomic E-state index is 10.4. The first-order chi connectivity index (χ1) is 4.83. The normalized spacial score (nSPS) is 9.30. The summed E-state index contributed by atoms with van der Waals surface area (Å²) >= 11 is 0. The maximum absolute atomic E-state index is 10.4. The van der Waals surface area contributed by atoms with Gasteiger partial charge in [-0.3, -0.25) is 9.89 Å². The Morgan fingerprint density at radius 1 is 1.90 bits per heavy atom. The summed E-state index contributed by atoms with van der Waals surface area (Å²) in [6, 6.07) is -0.00421. The molecule has 1 aromatic heterocycles. The highest BCUT2D eigenvalue weighted by molar-refractivity contribution is 5.73. The maximum Gasteiger partial charge on any atom is 0.343 e. The summed E-state index contributed by atoms with van der Waals surface area (Å²) in [6.45, 7) is -0.172. The summed E-state index contributed by atoms with van der Waals surface area (Å²) in [6.07, 6.45) is 1.30. The molecule has 0 fully saturated rings. The minimum atomic E-state index is -0.556. The second-order valence-corrected chi connectivity index (χ2v) is 1.46. The van der Waals surface area contributed by atoms with Gasteiger partial charge < -0.3 is 10.5 Å². The van der Waals surface area contributed by atoms with Crippen molar-refractivity contribution in [1.82, 2.24) is 15.2 Å². The largest absolute Gasteiger partial charge is 0.389 e. The van der Waals surface area contributed by atoms with E-state index in [4.69, 9.17) is 5.73 Å². The summed E-state index contributed by atoms with van der Waals surface area (Å²) < 4.78 is 4.49. The van der Waals surface area contributed by atoms with Crippen LogP contribution in [0.1, 0.15) is 0 Å². The van der Waals surface area contributed by atoms with Crippen LogP contribution in [0.25, 0.3) is 0 Å². The molecule has 0 bridgehead atoms. The monoisotopic (exact) mass is 142 g/mol. The number of nitrogens with two attached hydrogens (primary N) is 1. The van der Waals surface area contributed by atoms with E-state index in [1.807, 2.05) is 0 Å². The number of hydrogen-bond donors (Lipinski definition) is 2. The van der Waals surface area contributed by atoms with E-state index in [0.29, 0.717) is 0 Å². The molecule has 0 saturated heterocycles. The summed E-state index contributed by atoms with van der Waals surface area (Å²) in [5.74, 6) is -0.556. The number of carbonyl (C=O) groups is 1. The molecule has 3 N–H and O–H groups in total. The van der Waals surface area contributed by atoms with Crippen molar-refractivity contribution in [2.75, 3.05) is 6.54 Å². The highest BCUT2D eigenvalue weighted by atomic mass is 16.5. The van der Waals surface area contributed by atoms with E-state index in [9.17, 15) is 4.79 Å². The third-order valence-electron chi connectivity index (χ3n) is 0.765. The Morgan fingerprint density at radius 2 is 2.70 bits per heavy atom. The van der Waals surface area contributed by atoms with Crippen LogP contribution in [-0.2, 0) is 4.79 Å². The molecule has 0 unspecified atom stereocenters. The highest BCUT2D eigenvalue weighted by Crippen LogP contribution is 1.94. The lowest BCUT2D eigenvalue weighted by Crippen LogP contribution is -2.19. The number of aromatic amines is 1. The van der Waals surface area contributed by atoms with Crippen molar-refractivity contribution in [2.45, 2.75) is 0 Å². The Morgan fingerprint density at radius 3 is 3.20 bits per heavy atom. The molecular weight excluding hydrogens is 136 g/mol. The van der Waals surface area contributed by atoms with Gasteiger partial charge in [0, 0.05) is 0 Å². The third-order valence-corrected chi connectivity index (χ3v) is 0.765. The number of ether oxygens (including phenoxy) is 1. The van der Waals surface area contributed by atoms with Crippen LogP contribution in [0, 0.1) is 0 Å². The van der Waals surface area contributed by atoms with E-state index in [1.54, 1.807) is 0 Å². The molecule has 0 aromatic carbocycles. The van der Waals surface area contributed by atoms with Crippen LogP contribution in [0.15, 0.2) is 6.33 Å². The van der Waals surface area contributed by atoms with Gasteiger partial charge in [0.05, 0.1) is 6.54 Å². The molecule has 1 heterocycles. The van der Waals surface area contributed by atoms with Gasteiger partial charge in [-0.2, -0.15) is 4.98 Å². The molecule has 1 aromatic rings. The van der Waals surface area contributed by atoms with Crippen LogP contribution in [-0.4, -0.2) is 27.7 Å². The van der Waals surface area contributed by atoms with E-state index >= 15 is 0 Å². The number of nitrogens with one attached hydrogen (secondary N) is 1. The average Bonchev–Trinajstić information content (AvgIpc) is 2.40. The fraction of sp³-hybridized carbons (Fsp3) is 0.250. The number of rotatable bonds is 2. The van der Waals surface area contributed by atoms with Crippen molar-refractivity contribution >= 4 is 5.97 Å². The van der Waals surface area contributed by atoms with Crippen LogP contribution >= 0.6 is 0 Å². The molecule has 6 nitrogen and oxygen atoms in total. The first-order valence-corrected chi connectivity index (χ1v) is 2.59. The Bertz CT molecular complexity index is 207.